The molecule has 1 saturated heterocycles. The van der Waals surface area contributed by atoms with Crippen LogP contribution in [0.25, 0.3) is 0 Å². The number of amides is 2. The van der Waals surface area contributed by atoms with Crippen molar-refractivity contribution in [2.45, 2.75) is 19.0 Å². The van der Waals surface area contributed by atoms with Gasteiger partial charge in [0.2, 0.25) is 11.8 Å². The van der Waals surface area contributed by atoms with E-state index in [2.05, 4.69) is 4.98 Å². The molecule has 1 aromatic heterocycles. The van der Waals surface area contributed by atoms with Crippen LogP contribution in [0.2, 0.25) is 0 Å². The monoisotopic (exact) mass is 339 g/mol. The maximum Gasteiger partial charge on any atom is 0.245 e. The van der Waals surface area contributed by atoms with Crippen LogP contribution in [0.5, 0.6) is 5.75 Å². The molecule has 0 radical (unpaired) electrons. The average molecular weight is 339 g/mol. The van der Waals surface area contributed by atoms with Crippen LogP contribution in [0, 0.1) is 0 Å². The van der Waals surface area contributed by atoms with Crippen LogP contribution in [-0.2, 0) is 22.6 Å². The second kappa shape index (κ2) is 7.34. The Kier molecular flexibility index (Phi) is 4.97. The van der Waals surface area contributed by atoms with Crippen molar-refractivity contribution in [3.63, 3.8) is 0 Å². The Balaban J connectivity index is 1.89. The molecule has 2 aromatic rings. The van der Waals surface area contributed by atoms with Gasteiger partial charge in [0, 0.05) is 19.7 Å². The van der Waals surface area contributed by atoms with Crippen molar-refractivity contribution in [3.8, 4) is 5.75 Å². The number of carbonyl (C=O) groups is 2. The van der Waals surface area contributed by atoms with Crippen LogP contribution < -0.4 is 4.74 Å². The van der Waals surface area contributed by atoms with E-state index in [-0.39, 0.29) is 24.9 Å². The minimum atomic E-state index is -0.541. The van der Waals surface area contributed by atoms with E-state index >= 15 is 0 Å². The number of ether oxygens (including phenoxy) is 1. The van der Waals surface area contributed by atoms with E-state index in [1.54, 1.807) is 37.4 Å². The predicted molar refractivity (Wildman–Crippen MR) is 92.9 cm³/mol. The van der Waals surface area contributed by atoms with Crippen molar-refractivity contribution in [1.29, 1.82) is 0 Å². The second-order valence-electron chi connectivity index (χ2n) is 6.07. The van der Waals surface area contributed by atoms with E-state index < -0.39 is 6.04 Å². The lowest BCUT2D eigenvalue weighted by Gasteiger charge is -2.39. The zero-order valence-electron chi connectivity index (χ0n) is 14.4. The fraction of sp³-hybridized carbons (Fsp3) is 0.316. The van der Waals surface area contributed by atoms with E-state index in [4.69, 9.17) is 4.74 Å². The quantitative estimate of drug-likeness (QED) is 0.828. The van der Waals surface area contributed by atoms with Gasteiger partial charge in [-0.1, -0.05) is 30.3 Å². The zero-order valence-corrected chi connectivity index (χ0v) is 14.4. The molecule has 3 rings (SSSR count). The van der Waals surface area contributed by atoms with Crippen molar-refractivity contribution in [2.24, 2.45) is 0 Å². The third kappa shape index (κ3) is 3.63. The van der Waals surface area contributed by atoms with Crippen LogP contribution in [0.15, 0.2) is 48.7 Å². The van der Waals surface area contributed by atoms with E-state index in [0.29, 0.717) is 17.9 Å². The molecule has 6 heteroatoms. The number of hydrogen-bond donors (Lipinski definition) is 0. The highest BCUT2D eigenvalue weighted by Gasteiger charge is 2.38. The summed E-state index contributed by atoms with van der Waals surface area (Å²) in [6.07, 6.45) is 2.14. The summed E-state index contributed by atoms with van der Waals surface area (Å²) in [6, 6.07) is 12.8. The summed E-state index contributed by atoms with van der Waals surface area (Å²) in [7, 11) is 3.23. The average Bonchev–Trinajstić information content (AvgIpc) is 2.63. The van der Waals surface area contributed by atoms with Gasteiger partial charge in [0.25, 0.3) is 0 Å². The first-order valence-corrected chi connectivity index (χ1v) is 8.16. The van der Waals surface area contributed by atoms with E-state index in [0.717, 1.165) is 5.56 Å². The number of methoxy groups -OCH3 is 1. The highest BCUT2D eigenvalue weighted by Crippen LogP contribution is 2.22. The van der Waals surface area contributed by atoms with Crippen molar-refractivity contribution in [2.75, 3.05) is 20.7 Å². The van der Waals surface area contributed by atoms with Crippen molar-refractivity contribution in [1.82, 2.24) is 14.8 Å². The van der Waals surface area contributed by atoms with Crippen molar-refractivity contribution >= 4 is 11.8 Å². The molecule has 1 fully saturated rings. The molecule has 0 unspecified atom stereocenters. The molecule has 1 atom stereocenters. The Labute approximate surface area is 147 Å². The van der Waals surface area contributed by atoms with Crippen LogP contribution >= 0.6 is 0 Å². The predicted octanol–water partition coefficient (Wildman–Crippen LogP) is 1.50. The highest BCUT2D eigenvalue weighted by molar-refractivity contribution is 5.94. The molecule has 0 spiro atoms. The number of nitrogens with zero attached hydrogens (tertiary/aromatic N) is 3. The molecular weight excluding hydrogens is 318 g/mol. The van der Waals surface area contributed by atoms with E-state index in [1.807, 2.05) is 30.3 Å². The number of likely N-dealkylation sites (N-methyl/N-ethyl adjacent to an activating group) is 1. The number of carbonyl (C=O) groups excluding carboxylic acids is 2. The molecule has 0 aliphatic carbocycles. The van der Waals surface area contributed by atoms with Gasteiger partial charge in [-0.25, -0.2) is 0 Å². The lowest BCUT2D eigenvalue weighted by atomic mass is 10.0. The summed E-state index contributed by atoms with van der Waals surface area (Å²) in [5.74, 6) is 0.467. The van der Waals surface area contributed by atoms with E-state index in [1.165, 1.54) is 4.90 Å². The molecule has 0 saturated carbocycles. The fourth-order valence-electron chi connectivity index (χ4n) is 3.06. The van der Waals surface area contributed by atoms with Gasteiger partial charge in [-0.2, -0.15) is 0 Å². The summed E-state index contributed by atoms with van der Waals surface area (Å²) in [6.45, 7) is 0.333. The van der Waals surface area contributed by atoms with Crippen LogP contribution in [0.4, 0.5) is 0 Å². The Morgan fingerprint density at radius 1 is 1.16 bits per heavy atom. The lowest BCUT2D eigenvalue weighted by Crippen LogP contribution is -2.59. The largest absolute Gasteiger partial charge is 0.495 e. The van der Waals surface area contributed by atoms with Gasteiger partial charge < -0.3 is 14.5 Å². The molecule has 0 bridgehead atoms. The maximum absolute atomic E-state index is 12.7. The van der Waals surface area contributed by atoms with Crippen LogP contribution in [-0.4, -0.2) is 53.3 Å². The van der Waals surface area contributed by atoms with Crippen LogP contribution in [0.1, 0.15) is 11.3 Å². The molecule has 1 aliphatic rings. The first-order valence-electron chi connectivity index (χ1n) is 8.16. The minimum absolute atomic E-state index is 0.0571. The Morgan fingerprint density at radius 3 is 2.64 bits per heavy atom. The highest BCUT2D eigenvalue weighted by atomic mass is 16.5. The number of hydrogen-bond acceptors (Lipinski definition) is 4. The van der Waals surface area contributed by atoms with Gasteiger partial charge in [0.1, 0.15) is 17.5 Å². The third-order valence-corrected chi connectivity index (χ3v) is 4.39. The zero-order chi connectivity index (χ0) is 17.8. The van der Waals surface area contributed by atoms with Gasteiger partial charge in [-0.15, -0.1) is 0 Å². The van der Waals surface area contributed by atoms with Gasteiger partial charge in [0.15, 0.2) is 0 Å². The first-order chi connectivity index (χ1) is 12.1. The molecular formula is C19H21N3O3. The number of rotatable bonds is 5. The second-order valence-corrected chi connectivity index (χ2v) is 6.07. The summed E-state index contributed by atoms with van der Waals surface area (Å²) in [5, 5.41) is 0. The first kappa shape index (κ1) is 17.0. The number of benzene rings is 1. The molecule has 130 valence electrons. The topological polar surface area (TPSA) is 62.7 Å². The molecule has 2 heterocycles. The summed E-state index contributed by atoms with van der Waals surface area (Å²) >= 11 is 0. The fourth-order valence-corrected chi connectivity index (χ4v) is 3.06. The molecule has 1 aromatic carbocycles. The standard InChI is InChI=1S/C19H21N3O3/c1-21-13-18(23)22(12-15-17(25-2)9-6-10-20-15)16(19(21)24)11-14-7-4-3-5-8-14/h3-10,16H,11-13H2,1-2H3/t16-/m0/s1. The van der Waals surface area contributed by atoms with Crippen molar-refractivity contribution < 1.29 is 14.3 Å². The summed E-state index contributed by atoms with van der Waals surface area (Å²) in [4.78, 5) is 32.7. The lowest BCUT2D eigenvalue weighted by molar-refractivity contribution is -0.155. The van der Waals surface area contributed by atoms with Crippen molar-refractivity contribution in [3.05, 3.63) is 59.9 Å². The summed E-state index contributed by atoms with van der Waals surface area (Å²) in [5.41, 5.74) is 1.66. The number of piperazine rings is 1. The molecule has 1 aliphatic heterocycles. The Hall–Kier alpha value is -2.89. The number of aromatic nitrogens is 1. The minimum Gasteiger partial charge on any atom is -0.495 e. The van der Waals surface area contributed by atoms with Gasteiger partial charge in [0.05, 0.1) is 20.2 Å². The molecule has 6 nitrogen and oxygen atoms in total. The Morgan fingerprint density at radius 2 is 1.92 bits per heavy atom. The Bertz CT molecular complexity index is 764. The normalized spacial score (nSPS) is 17.8. The van der Waals surface area contributed by atoms with Gasteiger partial charge >= 0.3 is 0 Å². The SMILES string of the molecule is COc1cccnc1CN1C(=O)CN(C)C(=O)[C@@H]1Cc1ccccc1. The maximum atomic E-state index is 12.7. The third-order valence-electron chi connectivity index (χ3n) is 4.39. The van der Waals surface area contributed by atoms with E-state index in [9.17, 15) is 9.59 Å². The smallest absolute Gasteiger partial charge is 0.245 e. The van der Waals surface area contributed by atoms with Gasteiger partial charge in [-0.05, 0) is 17.7 Å². The summed E-state index contributed by atoms with van der Waals surface area (Å²) < 4.78 is 5.33. The molecule has 2 amide bonds. The number of pyridine rings is 1. The molecule has 0 N–H and O–H groups in total. The van der Waals surface area contributed by atoms with Gasteiger partial charge in [-0.3, -0.25) is 14.6 Å². The van der Waals surface area contributed by atoms with Crippen LogP contribution in [0.3, 0.4) is 0 Å². The molecule has 25 heavy (non-hydrogen) atoms.